The number of hydrogen-bond donors (Lipinski definition) is 1. The molecule has 0 unspecified atom stereocenters. The lowest BCUT2D eigenvalue weighted by Gasteiger charge is -2.45. The Morgan fingerprint density at radius 1 is 1.33 bits per heavy atom. The minimum Gasteiger partial charge on any atom is -0.476 e. The number of nitrogens with zero attached hydrogens (tertiary/aromatic N) is 3. The predicted molar refractivity (Wildman–Crippen MR) is 85.8 cm³/mol. The molecule has 5 nitrogen and oxygen atoms in total. The van der Waals surface area contributed by atoms with E-state index in [1.165, 1.54) is 12.8 Å². The predicted octanol–water partition coefficient (Wildman–Crippen LogP) is 1.98. The Bertz CT molecular complexity index is 513. The Morgan fingerprint density at radius 2 is 2.10 bits per heavy atom. The number of rotatable bonds is 4. The molecule has 1 aromatic rings. The first-order valence-corrected chi connectivity index (χ1v) is 7.81. The molecule has 3 rings (SSSR count). The molecular formula is C16H26N4O. The van der Waals surface area contributed by atoms with Gasteiger partial charge in [-0.05, 0) is 51.8 Å². The highest BCUT2D eigenvalue weighted by Crippen LogP contribution is 2.31. The standard InChI is InChI=1S/C16H26N4O/c1-16(2)11-20(9-8-19(16)3)14-7-6-13(17)15(18-14)21-10-12-4-5-12/h6-7,12H,4-5,8-11,17H2,1-3H3. The van der Waals surface area contributed by atoms with Crippen LogP contribution in [0.1, 0.15) is 26.7 Å². The van der Waals surface area contributed by atoms with Crippen LogP contribution in [0.3, 0.4) is 0 Å². The molecular weight excluding hydrogens is 264 g/mol. The van der Waals surface area contributed by atoms with Crippen molar-refractivity contribution < 1.29 is 4.74 Å². The third kappa shape index (κ3) is 3.23. The molecule has 1 aliphatic heterocycles. The van der Waals surface area contributed by atoms with E-state index < -0.39 is 0 Å². The zero-order valence-corrected chi connectivity index (χ0v) is 13.3. The molecule has 2 fully saturated rings. The van der Waals surface area contributed by atoms with E-state index in [2.05, 4.69) is 35.7 Å². The van der Waals surface area contributed by atoms with Crippen LogP contribution in [0.4, 0.5) is 11.5 Å². The maximum atomic E-state index is 5.99. The number of anilines is 2. The molecule has 21 heavy (non-hydrogen) atoms. The van der Waals surface area contributed by atoms with Gasteiger partial charge in [0.2, 0.25) is 5.88 Å². The van der Waals surface area contributed by atoms with Crippen LogP contribution in [-0.2, 0) is 0 Å². The average molecular weight is 290 g/mol. The van der Waals surface area contributed by atoms with Crippen LogP contribution in [-0.4, -0.2) is 48.7 Å². The monoisotopic (exact) mass is 290 g/mol. The first-order chi connectivity index (χ1) is 9.95. The normalized spacial score (nSPS) is 22.3. The van der Waals surface area contributed by atoms with E-state index in [0.717, 1.165) is 32.1 Å². The first kappa shape index (κ1) is 14.4. The first-order valence-electron chi connectivity index (χ1n) is 7.81. The van der Waals surface area contributed by atoms with Crippen LogP contribution in [0.5, 0.6) is 5.88 Å². The van der Waals surface area contributed by atoms with Gasteiger partial charge in [0.05, 0.1) is 12.3 Å². The Balaban J connectivity index is 1.73. The number of likely N-dealkylation sites (N-methyl/N-ethyl adjacent to an activating group) is 1. The maximum Gasteiger partial charge on any atom is 0.239 e. The molecule has 0 aromatic carbocycles. The molecule has 1 saturated heterocycles. The van der Waals surface area contributed by atoms with Crippen LogP contribution < -0.4 is 15.4 Å². The summed E-state index contributed by atoms with van der Waals surface area (Å²) in [5, 5.41) is 0. The summed E-state index contributed by atoms with van der Waals surface area (Å²) >= 11 is 0. The average Bonchev–Trinajstić information content (AvgIpc) is 3.25. The number of piperazine rings is 1. The van der Waals surface area contributed by atoms with Crippen molar-refractivity contribution in [2.24, 2.45) is 5.92 Å². The third-order valence-corrected chi connectivity index (χ3v) is 4.67. The molecule has 5 heteroatoms. The molecule has 2 aliphatic rings. The largest absolute Gasteiger partial charge is 0.476 e. The van der Waals surface area contributed by atoms with Gasteiger partial charge in [-0.3, -0.25) is 4.90 Å². The molecule has 1 aliphatic carbocycles. The maximum absolute atomic E-state index is 5.99. The van der Waals surface area contributed by atoms with Crippen LogP contribution in [0.2, 0.25) is 0 Å². The van der Waals surface area contributed by atoms with E-state index in [-0.39, 0.29) is 5.54 Å². The van der Waals surface area contributed by atoms with E-state index >= 15 is 0 Å². The summed E-state index contributed by atoms with van der Waals surface area (Å²) in [7, 11) is 2.18. The van der Waals surface area contributed by atoms with Gasteiger partial charge < -0.3 is 15.4 Å². The molecule has 1 aromatic heterocycles. The van der Waals surface area contributed by atoms with Gasteiger partial charge >= 0.3 is 0 Å². The van der Waals surface area contributed by atoms with Gasteiger partial charge in [-0.1, -0.05) is 0 Å². The highest BCUT2D eigenvalue weighted by Gasteiger charge is 2.32. The van der Waals surface area contributed by atoms with E-state index in [1.807, 2.05) is 12.1 Å². The minimum atomic E-state index is 0.149. The van der Waals surface area contributed by atoms with Gasteiger partial charge in [-0.15, -0.1) is 0 Å². The fourth-order valence-electron chi connectivity index (χ4n) is 2.65. The van der Waals surface area contributed by atoms with Crippen LogP contribution in [0.15, 0.2) is 12.1 Å². The molecule has 0 radical (unpaired) electrons. The second kappa shape index (κ2) is 5.37. The molecule has 2 heterocycles. The summed E-state index contributed by atoms with van der Waals surface area (Å²) in [6.45, 7) is 8.26. The van der Waals surface area contributed by atoms with Gasteiger partial charge in [-0.2, -0.15) is 4.98 Å². The fraction of sp³-hybridized carbons (Fsp3) is 0.688. The van der Waals surface area contributed by atoms with Crippen molar-refractivity contribution in [2.75, 3.05) is 43.9 Å². The van der Waals surface area contributed by atoms with Crippen molar-refractivity contribution in [1.29, 1.82) is 0 Å². The van der Waals surface area contributed by atoms with Gasteiger partial charge in [-0.25, -0.2) is 0 Å². The van der Waals surface area contributed by atoms with Crippen molar-refractivity contribution in [3.05, 3.63) is 12.1 Å². The fourth-order valence-corrected chi connectivity index (χ4v) is 2.65. The lowest BCUT2D eigenvalue weighted by Crippen LogP contribution is -2.57. The molecule has 116 valence electrons. The van der Waals surface area contributed by atoms with E-state index in [0.29, 0.717) is 17.5 Å². The number of nitrogen functional groups attached to an aromatic ring is 1. The summed E-state index contributed by atoms with van der Waals surface area (Å²) in [6.07, 6.45) is 2.54. The number of ether oxygens (including phenoxy) is 1. The molecule has 0 atom stereocenters. The minimum absolute atomic E-state index is 0.149. The number of nitrogens with two attached hydrogens (primary N) is 1. The number of aromatic nitrogens is 1. The summed E-state index contributed by atoms with van der Waals surface area (Å²) in [6, 6.07) is 3.91. The molecule has 0 spiro atoms. The topological polar surface area (TPSA) is 54.6 Å². The SMILES string of the molecule is CN1CCN(c2ccc(N)c(OCC3CC3)n2)CC1(C)C. The highest BCUT2D eigenvalue weighted by molar-refractivity contribution is 5.55. The Kier molecular flexibility index (Phi) is 3.69. The molecule has 0 amide bonds. The van der Waals surface area contributed by atoms with Gasteiger partial charge in [0.1, 0.15) is 5.82 Å². The van der Waals surface area contributed by atoms with Crippen molar-refractivity contribution >= 4 is 11.5 Å². The van der Waals surface area contributed by atoms with E-state index in [1.54, 1.807) is 0 Å². The highest BCUT2D eigenvalue weighted by atomic mass is 16.5. The van der Waals surface area contributed by atoms with Gasteiger partial charge in [0.25, 0.3) is 0 Å². The number of pyridine rings is 1. The molecule has 2 N–H and O–H groups in total. The quantitative estimate of drug-likeness (QED) is 0.919. The lowest BCUT2D eigenvalue weighted by atomic mass is 10.00. The van der Waals surface area contributed by atoms with Crippen molar-refractivity contribution in [3.63, 3.8) is 0 Å². The Hall–Kier alpha value is -1.49. The lowest BCUT2D eigenvalue weighted by molar-refractivity contribution is 0.138. The smallest absolute Gasteiger partial charge is 0.239 e. The molecule has 0 bridgehead atoms. The third-order valence-electron chi connectivity index (χ3n) is 4.67. The van der Waals surface area contributed by atoms with Crippen molar-refractivity contribution in [1.82, 2.24) is 9.88 Å². The van der Waals surface area contributed by atoms with Crippen molar-refractivity contribution in [2.45, 2.75) is 32.2 Å². The Labute approximate surface area is 127 Å². The zero-order chi connectivity index (χ0) is 15.0. The van der Waals surface area contributed by atoms with Crippen LogP contribution in [0, 0.1) is 5.92 Å². The van der Waals surface area contributed by atoms with Crippen LogP contribution >= 0.6 is 0 Å². The zero-order valence-electron chi connectivity index (χ0n) is 13.3. The molecule has 1 saturated carbocycles. The van der Waals surface area contributed by atoms with Crippen molar-refractivity contribution in [3.8, 4) is 5.88 Å². The van der Waals surface area contributed by atoms with E-state index in [9.17, 15) is 0 Å². The summed E-state index contributed by atoms with van der Waals surface area (Å²) in [4.78, 5) is 9.36. The second-order valence-corrected chi connectivity index (χ2v) is 6.97. The second-order valence-electron chi connectivity index (χ2n) is 6.97. The van der Waals surface area contributed by atoms with Gasteiger partial charge in [0, 0.05) is 25.2 Å². The van der Waals surface area contributed by atoms with Crippen LogP contribution in [0.25, 0.3) is 0 Å². The van der Waals surface area contributed by atoms with Gasteiger partial charge in [0.15, 0.2) is 0 Å². The summed E-state index contributed by atoms with van der Waals surface area (Å²) < 4.78 is 5.79. The van der Waals surface area contributed by atoms with E-state index in [4.69, 9.17) is 10.5 Å². The Morgan fingerprint density at radius 3 is 2.76 bits per heavy atom. The summed E-state index contributed by atoms with van der Waals surface area (Å²) in [5.74, 6) is 2.27. The summed E-state index contributed by atoms with van der Waals surface area (Å²) in [5.41, 5.74) is 6.77. The number of hydrogen-bond acceptors (Lipinski definition) is 5.